The molecule has 0 bridgehead atoms. The van der Waals surface area contributed by atoms with Crippen molar-refractivity contribution in [2.24, 2.45) is 0 Å². The Bertz CT molecular complexity index is 539. The summed E-state index contributed by atoms with van der Waals surface area (Å²) in [6.07, 6.45) is 0. The third-order valence-electron chi connectivity index (χ3n) is 2.10. The highest BCUT2D eigenvalue weighted by Gasteiger charge is 2.07. The standard InChI is InChI=1S/C12H10FNOS2/c1-8(15)10-6-17-12(14-10)7-16-11-5-3-2-4-9(11)13/h2-6H,7H2,1H3. The van der Waals surface area contributed by atoms with Gasteiger partial charge in [0.15, 0.2) is 5.78 Å². The molecule has 1 heterocycles. The molecular formula is C12H10FNOS2. The summed E-state index contributed by atoms with van der Waals surface area (Å²) in [5, 5.41) is 2.57. The normalized spacial score (nSPS) is 10.5. The Labute approximate surface area is 107 Å². The van der Waals surface area contributed by atoms with Gasteiger partial charge in [-0.1, -0.05) is 12.1 Å². The van der Waals surface area contributed by atoms with E-state index in [9.17, 15) is 9.18 Å². The Hall–Kier alpha value is -1.20. The summed E-state index contributed by atoms with van der Waals surface area (Å²) in [7, 11) is 0. The summed E-state index contributed by atoms with van der Waals surface area (Å²) in [6, 6.07) is 6.63. The number of rotatable bonds is 4. The van der Waals surface area contributed by atoms with Gasteiger partial charge < -0.3 is 0 Å². The summed E-state index contributed by atoms with van der Waals surface area (Å²) in [4.78, 5) is 15.8. The number of benzene rings is 1. The zero-order valence-corrected chi connectivity index (χ0v) is 10.8. The van der Waals surface area contributed by atoms with E-state index in [0.717, 1.165) is 5.01 Å². The van der Waals surface area contributed by atoms with Crippen molar-refractivity contribution >= 4 is 28.9 Å². The minimum atomic E-state index is -0.221. The van der Waals surface area contributed by atoms with Crippen LogP contribution in [0.3, 0.4) is 0 Å². The number of hydrogen-bond donors (Lipinski definition) is 0. The Morgan fingerprint density at radius 2 is 2.24 bits per heavy atom. The predicted octanol–water partition coefficient (Wildman–Crippen LogP) is 3.78. The van der Waals surface area contributed by atoms with E-state index in [1.54, 1.807) is 23.6 Å². The molecular weight excluding hydrogens is 257 g/mol. The molecule has 5 heteroatoms. The zero-order chi connectivity index (χ0) is 12.3. The average Bonchev–Trinajstić information content (AvgIpc) is 2.77. The van der Waals surface area contributed by atoms with Crippen LogP contribution in [0.5, 0.6) is 0 Å². The van der Waals surface area contributed by atoms with Gasteiger partial charge in [-0.2, -0.15) is 0 Å². The van der Waals surface area contributed by atoms with Crippen LogP contribution in [-0.4, -0.2) is 10.8 Å². The molecule has 0 aliphatic rings. The van der Waals surface area contributed by atoms with E-state index in [1.165, 1.54) is 36.1 Å². The molecule has 2 aromatic rings. The first-order valence-electron chi connectivity index (χ1n) is 4.99. The second-order valence-electron chi connectivity index (χ2n) is 3.40. The van der Waals surface area contributed by atoms with Crippen LogP contribution >= 0.6 is 23.1 Å². The third-order valence-corrected chi connectivity index (χ3v) is 4.19. The quantitative estimate of drug-likeness (QED) is 0.624. The molecule has 0 unspecified atom stereocenters. The molecule has 0 saturated heterocycles. The average molecular weight is 267 g/mol. The van der Waals surface area contributed by atoms with Crippen LogP contribution in [0.4, 0.5) is 4.39 Å². The van der Waals surface area contributed by atoms with Crippen LogP contribution < -0.4 is 0 Å². The van der Waals surface area contributed by atoms with E-state index in [2.05, 4.69) is 4.98 Å². The number of carbonyl (C=O) groups is 1. The van der Waals surface area contributed by atoms with Gasteiger partial charge in [-0.15, -0.1) is 23.1 Å². The minimum absolute atomic E-state index is 0.0385. The highest BCUT2D eigenvalue weighted by atomic mass is 32.2. The fourth-order valence-electron chi connectivity index (χ4n) is 1.24. The van der Waals surface area contributed by atoms with Gasteiger partial charge in [0.1, 0.15) is 16.5 Å². The van der Waals surface area contributed by atoms with Crippen molar-refractivity contribution in [3.8, 4) is 0 Å². The second kappa shape index (κ2) is 5.42. The lowest BCUT2D eigenvalue weighted by atomic mass is 10.3. The summed E-state index contributed by atoms with van der Waals surface area (Å²) in [6.45, 7) is 1.49. The lowest BCUT2D eigenvalue weighted by Crippen LogP contribution is -1.92. The summed E-state index contributed by atoms with van der Waals surface area (Å²) >= 11 is 2.81. The second-order valence-corrected chi connectivity index (χ2v) is 5.36. The number of halogens is 1. The molecule has 0 amide bonds. The maximum absolute atomic E-state index is 13.3. The first-order chi connectivity index (χ1) is 8.16. The molecule has 0 saturated carbocycles. The minimum Gasteiger partial charge on any atom is -0.293 e. The van der Waals surface area contributed by atoms with E-state index in [4.69, 9.17) is 0 Å². The Morgan fingerprint density at radius 3 is 2.88 bits per heavy atom. The van der Waals surface area contributed by atoms with Crippen molar-refractivity contribution in [3.63, 3.8) is 0 Å². The van der Waals surface area contributed by atoms with Gasteiger partial charge in [0, 0.05) is 17.2 Å². The van der Waals surface area contributed by atoms with Crippen molar-refractivity contribution in [3.05, 3.63) is 46.2 Å². The SMILES string of the molecule is CC(=O)c1csc(CSc2ccccc2F)n1. The lowest BCUT2D eigenvalue weighted by Gasteiger charge is -1.99. The number of Topliss-reactive ketones (excluding diaryl/α,β-unsaturated/α-hetero) is 1. The molecule has 17 heavy (non-hydrogen) atoms. The molecule has 0 atom stereocenters. The Kier molecular flexibility index (Phi) is 3.91. The molecule has 0 fully saturated rings. The van der Waals surface area contributed by atoms with E-state index in [-0.39, 0.29) is 11.6 Å². The largest absolute Gasteiger partial charge is 0.293 e. The van der Waals surface area contributed by atoms with E-state index >= 15 is 0 Å². The molecule has 0 N–H and O–H groups in total. The van der Waals surface area contributed by atoms with Crippen molar-refractivity contribution in [2.45, 2.75) is 17.6 Å². The number of carbonyl (C=O) groups excluding carboxylic acids is 1. The van der Waals surface area contributed by atoms with Crippen molar-refractivity contribution in [1.82, 2.24) is 4.98 Å². The Balaban J connectivity index is 2.02. The number of aromatic nitrogens is 1. The molecule has 0 aliphatic carbocycles. The number of thiazole rings is 1. The van der Waals surface area contributed by atoms with Gasteiger partial charge in [-0.3, -0.25) is 4.79 Å². The maximum Gasteiger partial charge on any atom is 0.178 e. The molecule has 1 aromatic carbocycles. The molecule has 2 rings (SSSR count). The molecule has 2 nitrogen and oxygen atoms in total. The third kappa shape index (κ3) is 3.14. The van der Waals surface area contributed by atoms with Crippen LogP contribution in [0.2, 0.25) is 0 Å². The fraction of sp³-hybridized carbons (Fsp3) is 0.167. The summed E-state index contributed by atoms with van der Waals surface area (Å²) in [5.41, 5.74) is 0.485. The van der Waals surface area contributed by atoms with Crippen LogP contribution in [0.1, 0.15) is 22.4 Å². The number of nitrogens with zero attached hydrogens (tertiary/aromatic N) is 1. The van der Waals surface area contributed by atoms with Gasteiger partial charge in [0.25, 0.3) is 0 Å². The van der Waals surface area contributed by atoms with Gasteiger partial charge >= 0.3 is 0 Å². The number of thioether (sulfide) groups is 1. The number of ketones is 1. The zero-order valence-electron chi connectivity index (χ0n) is 9.14. The van der Waals surface area contributed by atoms with Gasteiger partial charge in [-0.05, 0) is 12.1 Å². The van der Waals surface area contributed by atoms with Crippen LogP contribution in [0, 0.1) is 5.82 Å². The monoisotopic (exact) mass is 267 g/mol. The van der Waals surface area contributed by atoms with Crippen molar-refractivity contribution < 1.29 is 9.18 Å². The van der Waals surface area contributed by atoms with E-state index in [1.807, 2.05) is 0 Å². The summed E-state index contributed by atoms with van der Waals surface area (Å²) < 4.78 is 13.3. The van der Waals surface area contributed by atoms with Crippen LogP contribution in [0.25, 0.3) is 0 Å². The fourth-order valence-corrected chi connectivity index (χ4v) is 3.03. The smallest absolute Gasteiger partial charge is 0.178 e. The van der Waals surface area contributed by atoms with Gasteiger partial charge in [0.05, 0.1) is 5.75 Å². The first kappa shape index (κ1) is 12.3. The molecule has 88 valence electrons. The van der Waals surface area contributed by atoms with Crippen LogP contribution in [0.15, 0.2) is 34.5 Å². The highest BCUT2D eigenvalue weighted by Crippen LogP contribution is 2.26. The predicted molar refractivity (Wildman–Crippen MR) is 68.1 cm³/mol. The van der Waals surface area contributed by atoms with Gasteiger partial charge in [-0.25, -0.2) is 9.37 Å². The van der Waals surface area contributed by atoms with Crippen LogP contribution in [-0.2, 0) is 5.75 Å². The molecule has 1 aromatic heterocycles. The molecule has 0 spiro atoms. The molecule has 0 aliphatic heterocycles. The Morgan fingerprint density at radius 1 is 1.47 bits per heavy atom. The molecule has 0 radical (unpaired) electrons. The van der Waals surface area contributed by atoms with E-state index < -0.39 is 0 Å². The maximum atomic E-state index is 13.3. The summed E-state index contributed by atoms with van der Waals surface area (Å²) in [5.74, 6) is 0.322. The number of hydrogen-bond acceptors (Lipinski definition) is 4. The van der Waals surface area contributed by atoms with Crippen molar-refractivity contribution in [2.75, 3.05) is 0 Å². The highest BCUT2D eigenvalue weighted by molar-refractivity contribution is 7.98. The van der Waals surface area contributed by atoms with Gasteiger partial charge in [0.2, 0.25) is 0 Å². The van der Waals surface area contributed by atoms with E-state index in [0.29, 0.717) is 16.3 Å². The first-order valence-corrected chi connectivity index (χ1v) is 6.86. The van der Waals surface area contributed by atoms with Crippen molar-refractivity contribution in [1.29, 1.82) is 0 Å². The lowest BCUT2D eigenvalue weighted by molar-refractivity contribution is 0.101. The topological polar surface area (TPSA) is 30.0 Å².